The van der Waals surface area contributed by atoms with Crippen molar-refractivity contribution in [3.05, 3.63) is 22.3 Å². The largest absolute Gasteiger partial charge is 0.493 e. The molecule has 1 unspecified atom stereocenters. The third-order valence-corrected chi connectivity index (χ3v) is 4.10. The van der Waals surface area contributed by atoms with E-state index in [-0.39, 0.29) is 6.54 Å². The minimum atomic E-state index is -0.664. The van der Waals surface area contributed by atoms with Gasteiger partial charge in [0.15, 0.2) is 0 Å². The Kier molecular flexibility index (Phi) is 3.37. The van der Waals surface area contributed by atoms with Crippen molar-refractivity contribution in [3.8, 4) is 11.5 Å². The first-order valence-corrected chi connectivity index (χ1v) is 7.06. The van der Waals surface area contributed by atoms with Gasteiger partial charge in [0, 0.05) is 23.2 Å². The summed E-state index contributed by atoms with van der Waals surface area (Å²) in [4.78, 5) is 0. The number of aliphatic hydroxyl groups is 1. The van der Waals surface area contributed by atoms with Gasteiger partial charge in [-0.2, -0.15) is 0 Å². The van der Waals surface area contributed by atoms with Gasteiger partial charge in [-0.05, 0) is 38.2 Å². The van der Waals surface area contributed by atoms with E-state index in [2.05, 4.69) is 6.92 Å². The van der Waals surface area contributed by atoms with Crippen LogP contribution in [0, 0.1) is 6.92 Å². The molecule has 1 atom stereocenters. The molecule has 3 rings (SSSR count). The highest BCUT2D eigenvalue weighted by atomic mass is 16.5. The summed E-state index contributed by atoms with van der Waals surface area (Å²) >= 11 is 0. The summed E-state index contributed by atoms with van der Waals surface area (Å²) in [6.07, 6.45) is 3.25. The molecule has 2 aliphatic rings. The SMILES string of the molecule is Cc1c2c(c(C(O)CN)c3c1OCCC3)OCCC2. The van der Waals surface area contributed by atoms with Crippen LogP contribution in [0.1, 0.15) is 41.2 Å². The second-order valence-electron chi connectivity index (χ2n) is 5.31. The number of rotatable bonds is 2. The lowest BCUT2D eigenvalue weighted by molar-refractivity contribution is 0.172. The van der Waals surface area contributed by atoms with Crippen LogP contribution < -0.4 is 15.2 Å². The highest BCUT2D eigenvalue weighted by Crippen LogP contribution is 2.45. The summed E-state index contributed by atoms with van der Waals surface area (Å²) in [5.41, 5.74) is 10.0. The highest BCUT2D eigenvalue weighted by Gasteiger charge is 2.30. The maximum absolute atomic E-state index is 10.3. The van der Waals surface area contributed by atoms with Crippen LogP contribution >= 0.6 is 0 Å². The molecule has 0 fully saturated rings. The average molecular weight is 263 g/mol. The number of hydrogen-bond acceptors (Lipinski definition) is 4. The van der Waals surface area contributed by atoms with Gasteiger partial charge in [0.1, 0.15) is 11.5 Å². The monoisotopic (exact) mass is 263 g/mol. The van der Waals surface area contributed by atoms with Crippen LogP contribution in [0.25, 0.3) is 0 Å². The number of fused-ring (bicyclic) bond motifs is 2. The molecule has 0 aliphatic carbocycles. The van der Waals surface area contributed by atoms with Crippen molar-refractivity contribution in [1.29, 1.82) is 0 Å². The Morgan fingerprint density at radius 3 is 2.42 bits per heavy atom. The molecule has 0 aromatic heterocycles. The van der Waals surface area contributed by atoms with Crippen LogP contribution in [0.5, 0.6) is 11.5 Å². The fourth-order valence-electron chi connectivity index (χ4n) is 3.18. The molecule has 4 heteroatoms. The minimum absolute atomic E-state index is 0.214. The van der Waals surface area contributed by atoms with Gasteiger partial charge in [0.2, 0.25) is 0 Å². The van der Waals surface area contributed by atoms with Crippen molar-refractivity contribution in [2.45, 2.75) is 38.7 Å². The predicted octanol–water partition coefficient (Wildman–Crippen LogP) is 1.64. The van der Waals surface area contributed by atoms with Crippen LogP contribution in [0.15, 0.2) is 0 Å². The minimum Gasteiger partial charge on any atom is -0.493 e. The summed E-state index contributed by atoms with van der Waals surface area (Å²) in [5, 5.41) is 10.3. The van der Waals surface area contributed by atoms with Crippen molar-refractivity contribution in [3.63, 3.8) is 0 Å². The van der Waals surface area contributed by atoms with Gasteiger partial charge in [-0.15, -0.1) is 0 Å². The number of hydrogen-bond donors (Lipinski definition) is 2. The molecule has 0 radical (unpaired) electrons. The molecule has 19 heavy (non-hydrogen) atoms. The van der Waals surface area contributed by atoms with E-state index in [1.807, 2.05) is 0 Å². The van der Waals surface area contributed by atoms with Crippen LogP contribution in [0.4, 0.5) is 0 Å². The second kappa shape index (κ2) is 5.02. The van der Waals surface area contributed by atoms with Crippen LogP contribution in [0.2, 0.25) is 0 Å². The van der Waals surface area contributed by atoms with Crippen molar-refractivity contribution >= 4 is 0 Å². The smallest absolute Gasteiger partial charge is 0.129 e. The number of nitrogens with two attached hydrogens (primary N) is 1. The van der Waals surface area contributed by atoms with E-state index >= 15 is 0 Å². The Morgan fingerprint density at radius 2 is 1.74 bits per heavy atom. The van der Waals surface area contributed by atoms with Crippen molar-refractivity contribution in [2.24, 2.45) is 5.73 Å². The fraction of sp³-hybridized carbons (Fsp3) is 0.600. The predicted molar refractivity (Wildman–Crippen MR) is 72.8 cm³/mol. The first-order chi connectivity index (χ1) is 9.24. The van der Waals surface area contributed by atoms with Crippen molar-refractivity contribution < 1.29 is 14.6 Å². The molecule has 0 spiro atoms. The third-order valence-electron chi connectivity index (χ3n) is 4.10. The Bertz CT molecular complexity index is 462. The molecule has 0 bridgehead atoms. The fourth-order valence-corrected chi connectivity index (χ4v) is 3.18. The molecule has 0 saturated heterocycles. The van der Waals surface area contributed by atoms with Gasteiger partial charge in [-0.1, -0.05) is 0 Å². The maximum atomic E-state index is 10.3. The molecule has 4 nitrogen and oxygen atoms in total. The summed E-state index contributed by atoms with van der Waals surface area (Å²) in [5.74, 6) is 1.82. The van der Waals surface area contributed by atoms with E-state index in [1.54, 1.807) is 0 Å². The van der Waals surface area contributed by atoms with Gasteiger partial charge < -0.3 is 20.3 Å². The number of aliphatic hydroxyl groups excluding tert-OH is 1. The van der Waals surface area contributed by atoms with E-state index in [0.29, 0.717) is 0 Å². The topological polar surface area (TPSA) is 64.7 Å². The first-order valence-electron chi connectivity index (χ1n) is 7.06. The van der Waals surface area contributed by atoms with E-state index in [0.717, 1.165) is 61.5 Å². The van der Waals surface area contributed by atoms with E-state index in [1.165, 1.54) is 11.1 Å². The van der Waals surface area contributed by atoms with Crippen molar-refractivity contribution in [2.75, 3.05) is 19.8 Å². The summed E-state index contributed by atoms with van der Waals surface area (Å²) < 4.78 is 11.7. The molecule has 0 amide bonds. The first kappa shape index (κ1) is 12.8. The molecular weight excluding hydrogens is 242 g/mol. The highest BCUT2D eigenvalue weighted by molar-refractivity contribution is 5.61. The zero-order valence-corrected chi connectivity index (χ0v) is 11.4. The van der Waals surface area contributed by atoms with Crippen LogP contribution in [-0.4, -0.2) is 24.9 Å². The lowest BCUT2D eigenvalue weighted by Crippen LogP contribution is -2.22. The molecule has 1 aromatic rings. The lowest BCUT2D eigenvalue weighted by atomic mass is 9.87. The second-order valence-corrected chi connectivity index (χ2v) is 5.31. The van der Waals surface area contributed by atoms with E-state index in [9.17, 15) is 5.11 Å². The van der Waals surface area contributed by atoms with Gasteiger partial charge >= 0.3 is 0 Å². The molecule has 104 valence electrons. The van der Waals surface area contributed by atoms with Crippen LogP contribution in [-0.2, 0) is 12.8 Å². The molecule has 3 N–H and O–H groups in total. The summed E-state index contributed by atoms with van der Waals surface area (Å²) in [7, 11) is 0. The maximum Gasteiger partial charge on any atom is 0.129 e. The molecule has 1 aromatic carbocycles. The molecule has 2 aliphatic heterocycles. The van der Waals surface area contributed by atoms with E-state index < -0.39 is 6.10 Å². The molecule has 0 saturated carbocycles. The summed E-state index contributed by atoms with van der Waals surface area (Å²) in [6, 6.07) is 0. The zero-order chi connectivity index (χ0) is 13.4. The summed E-state index contributed by atoms with van der Waals surface area (Å²) in [6.45, 7) is 3.78. The Balaban J connectivity index is 2.25. The normalized spacial score (nSPS) is 18.9. The number of benzene rings is 1. The Morgan fingerprint density at radius 1 is 1.11 bits per heavy atom. The van der Waals surface area contributed by atoms with Gasteiger partial charge in [0.05, 0.1) is 19.3 Å². The standard InChI is InChI=1S/C15H21NO3/c1-9-10-4-2-7-19-15(10)13(12(17)8-16)11-5-3-6-18-14(9)11/h12,17H,2-8,16H2,1H3. The third kappa shape index (κ3) is 1.99. The van der Waals surface area contributed by atoms with Crippen molar-refractivity contribution in [1.82, 2.24) is 0 Å². The van der Waals surface area contributed by atoms with Crippen LogP contribution in [0.3, 0.4) is 0 Å². The Labute approximate surface area is 113 Å². The van der Waals surface area contributed by atoms with Gasteiger partial charge in [0.25, 0.3) is 0 Å². The lowest BCUT2D eigenvalue weighted by Gasteiger charge is -2.31. The average Bonchev–Trinajstić information content (AvgIpc) is 2.47. The molecule has 2 heterocycles. The molecular formula is C15H21NO3. The quantitative estimate of drug-likeness (QED) is 0.851. The Hall–Kier alpha value is -1.26. The van der Waals surface area contributed by atoms with Gasteiger partial charge in [-0.25, -0.2) is 0 Å². The number of ether oxygens (including phenoxy) is 2. The van der Waals surface area contributed by atoms with Gasteiger partial charge in [-0.3, -0.25) is 0 Å². The zero-order valence-electron chi connectivity index (χ0n) is 11.4. The van der Waals surface area contributed by atoms with E-state index in [4.69, 9.17) is 15.2 Å².